The van der Waals surface area contributed by atoms with Crippen LogP contribution in [0.2, 0.25) is 0 Å². The summed E-state index contributed by atoms with van der Waals surface area (Å²) in [5.41, 5.74) is 4.28. The van der Waals surface area contributed by atoms with Crippen molar-refractivity contribution < 1.29 is 14.6 Å². The quantitative estimate of drug-likeness (QED) is 0.0727. The number of nitrogens with zero attached hydrogens (tertiary/aromatic N) is 1. The van der Waals surface area contributed by atoms with Gasteiger partial charge in [0.15, 0.2) is 0 Å². The molecule has 4 nitrogen and oxygen atoms in total. The molecule has 0 aromatic heterocycles. The number of esters is 1. The average Bonchev–Trinajstić information content (AvgIpc) is 3.69. The zero-order chi connectivity index (χ0) is 28.3. The SMILES string of the molecule is C=CC(C/C=C\C)\C(C(=C)C1CC1)=C(C)/C(C)=C/C(O)=C(\C=NCCC)C(=O)OC.CC.CC(C)C. The number of aliphatic hydroxyl groups excluding tert-OH is 1. The Morgan fingerprint density at radius 1 is 1.19 bits per heavy atom. The van der Waals surface area contributed by atoms with E-state index in [4.69, 9.17) is 4.74 Å². The monoisotopic (exact) mass is 499 g/mol. The molecular weight excluding hydrogens is 446 g/mol. The summed E-state index contributed by atoms with van der Waals surface area (Å²) in [5, 5.41) is 10.6. The second kappa shape index (κ2) is 20.6. The van der Waals surface area contributed by atoms with Gasteiger partial charge in [-0.05, 0) is 86.7 Å². The van der Waals surface area contributed by atoms with Crippen LogP contribution >= 0.6 is 0 Å². The average molecular weight is 500 g/mol. The van der Waals surface area contributed by atoms with E-state index in [1.165, 1.54) is 18.9 Å². The third kappa shape index (κ3) is 14.1. The van der Waals surface area contributed by atoms with Gasteiger partial charge in [-0.1, -0.05) is 66.3 Å². The summed E-state index contributed by atoms with van der Waals surface area (Å²) < 4.78 is 4.81. The summed E-state index contributed by atoms with van der Waals surface area (Å²) >= 11 is 0. The molecule has 0 bridgehead atoms. The Morgan fingerprint density at radius 2 is 1.75 bits per heavy atom. The molecule has 0 aromatic carbocycles. The number of carbonyl (C=O) groups is 1. The minimum atomic E-state index is -0.613. The van der Waals surface area contributed by atoms with Crippen molar-refractivity contribution >= 4 is 12.2 Å². The first-order valence-corrected chi connectivity index (χ1v) is 13.4. The summed E-state index contributed by atoms with van der Waals surface area (Å²) in [4.78, 5) is 16.3. The van der Waals surface area contributed by atoms with E-state index >= 15 is 0 Å². The van der Waals surface area contributed by atoms with Crippen LogP contribution in [0.1, 0.15) is 88.0 Å². The van der Waals surface area contributed by atoms with E-state index < -0.39 is 5.97 Å². The summed E-state index contributed by atoms with van der Waals surface area (Å²) in [6.45, 7) is 27.5. The van der Waals surface area contributed by atoms with E-state index in [0.29, 0.717) is 12.5 Å². The largest absolute Gasteiger partial charge is 0.507 e. The van der Waals surface area contributed by atoms with Crippen LogP contribution in [0.15, 0.2) is 76.1 Å². The van der Waals surface area contributed by atoms with Crippen molar-refractivity contribution in [1.82, 2.24) is 0 Å². The van der Waals surface area contributed by atoms with Gasteiger partial charge < -0.3 is 9.84 Å². The molecule has 204 valence electrons. The Balaban J connectivity index is 0. The Kier molecular flexibility index (Phi) is 20.3. The lowest BCUT2D eigenvalue weighted by atomic mass is 9.83. The van der Waals surface area contributed by atoms with Gasteiger partial charge in [0.1, 0.15) is 11.3 Å². The van der Waals surface area contributed by atoms with Crippen molar-refractivity contribution in [2.45, 2.75) is 88.0 Å². The number of rotatable bonds is 12. The minimum absolute atomic E-state index is 0.0508. The summed E-state index contributed by atoms with van der Waals surface area (Å²) in [6.07, 6.45) is 13.2. The molecule has 0 saturated heterocycles. The van der Waals surface area contributed by atoms with Gasteiger partial charge in [-0.25, -0.2) is 4.79 Å². The van der Waals surface area contributed by atoms with Crippen LogP contribution in [0.4, 0.5) is 0 Å². The predicted molar refractivity (Wildman–Crippen MR) is 159 cm³/mol. The highest BCUT2D eigenvalue weighted by Crippen LogP contribution is 2.43. The lowest BCUT2D eigenvalue weighted by Gasteiger charge is -2.22. The van der Waals surface area contributed by atoms with Gasteiger partial charge in [0.2, 0.25) is 0 Å². The van der Waals surface area contributed by atoms with Gasteiger partial charge in [0, 0.05) is 18.7 Å². The van der Waals surface area contributed by atoms with Crippen molar-refractivity contribution in [3.05, 3.63) is 71.1 Å². The number of methoxy groups -OCH3 is 1. The van der Waals surface area contributed by atoms with Crippen LogP contribution in [0.3, 0.4) is 0 Å². The van der Waals surface area contributed by atoms with E-state index in [2.05, 4.69) is 45.0 Å². The summed E-state index contributed by atoms with van der Waals surface area (Å²) in [7, 11) is 1.29. The number of allylic oxidation sites excluding steroid dienone is 8. The third-order valence-corrected chi connectivity index (χ3v) is 5.30. The van der Waals surface area contributed by atoms with Gasteiger partial charge in [-0.3, -0.25) is 4.99 Å². The van der Waals surface area contributed by atoms with Crippen molar-refractivity contribution in [3.63, 3.8) is 0 Å². The van der Waals surface area contributed by atoms with Crippen LogP contribution in [0.25, 0.3) is 0 Å². The smallest absolute Gasteiger partial charge is 0.343 e. The fourth-order valence-electron chi connectivity index (χ4n) is 3.25. The Morgan fingerprint density at radius 3 is 2.17 bits per heavy atom. The third-order valence-electron chi connectivity index (χ3n) is 5.30. The number of hydrogen-bond acceptors (Lipinski definition) is 4. The molecule has 1 fully saturated rings. The van der Waals surface area contributed by atoms with Gasteiger partial charge in [0.05, 0.1) is 7.11 Å². The first kappa shape index (κ1) is 35.5. The van der Waals surface area contributed by atoms with Crippen molar-refractivity contribution in [3.8, 4) is 0 Å². The highest BCUT2D eigenvalue weighted by molar-refractivity contribution is 6.10. The molecule has 4 heteroatoms. The van der Waals surface area contributed by atoms with Crippen LogP contribution < -0.4 is 0 Å². The molecule has 1 aliphatic rings. The van der Waals surface area contributed by atoms with Gasteiger partial charge >= 0.3 is 5.97 Å². The molecule has 0 spiro atoms. The van der Waals surface area contributed by atoms with E-state index in [9.17, 15) is 9.90 Å². The van der Waals surface area contributed by atoms with Crippen molar-refractivity contribution in [2.75, 3.05) is 13.7 Å². The van der Waals surface area contributed by atoms with E-state index in [1.54, 1.807) is 6.08 Å². The molecule has 0 radical (unpaired) electrons. The molecule has 0 heterocycles. The number of carbonyl (C=O) groups excluding carboxylic acids is 1. The Bertz CT molecular complexity index is 831. The minimum Gasteiger partial charge on any atom is -0.507 e. The number of aliphatic imine (C=N–C) groups is 1. The molecule has 1 atom stereocenters. The molecule has 1 N–H and O–H groups in total. The molecule has 1 aliphatic carbocycles. The normalized spacial score (nSPS) is 15.8. The first-order chi connectivity index (χ1) is 17.0. The van der Waals surface area contributed by atoms with Crippen LogP contribution in [0, 0.1) is 17.8 Å². The lowest BCUT2D eigenvalue weighted by molar-refractivity contribution is -0.135. The number of hydrogen-bond donors (Lipinski definition) is 1. The van der Waals surface area contributed by atoms with Crippen LogP contribution in [-0.4, -0.2) is 30.9 Å². The van der Waals surface area contributed by atoms with E-state index in [-0.39, 0.29) is 17.3 Å². The maximum Gasteiger partial charge on any atom is 0.343 e. The van der Waals surface area contributed by atoms with Gasteiger partial charge in [-0.2, -0.15) is 0 Å². The van der Waals surface area contributed by atoms with Gasteiger partial charge in [0.25, 0.3) is 0 Å². The molecule has 0 aliphatic heterocycles. The molecule has 0 aromatic rings. The Hall–Kier alpha value is -2.62. The maximum atomic E-state index is 12.1. The predicted octanol–water partition coefficient (Wildman–Crippen LogP) is 9.14. The van der Waals surface area contributed by atoms with E-state index in [1.807, 2.05) is 53.7 Å². The molecule has 1 saturated carbocycles. The zero-order valence-corrected chi connectivity index (χ0v) is 24.8. The fraction of sp³-hybridized carbons (Fsp3) is 0.562. The van der Waals surface area contributed by atoms with Crippen LogP contribution in [-0.2, 0) is 9.53 Å². The first-order valence-electron chi connectivity index (χ1n) is 13.4. The second-order valence-corrected chi connectivity index (χ2v) is 9.37. The van der Waals surface area contributed by atoms with Crippen LogP contribution in [0.5, 0.6) is 0 Å². The maximum absolute atomic E-state index is 12.1. The van der Waals surface area contributed by atoms with Crippen molar-refractivity contribution in [2.24, 2.45) is 22.7 Å². The second-order valence-electron chi connectivity index (χ2n) is 9.37. The molecule has 1 unspecified atom stereocenters. The topological polar surface area (TPSA) is 58.9 Å². The number of aliphatic hydroxyl groups is 1. The molecule has 36 heavy (non-hydrogen) atoms. The number of ether oxygens (including phenoxy) is 1. The fourth-order valence-corrected chi connectivity index (χ4v) is 3.25. The lowest BCUT2D eigenvalue weighted by Crippen LogP contribution is -2.10. The van der Waals surface area contributed by atoms with E-state index in [0.717, 1.165) is 48.3 Å². The van der Waals surface area contributed by atoms with Gasteiger partial charge in [-0.15, -0.1) is 6.58 Å². The molecular formula is C32H53NO3. The molecule has 1 rings (SSSR count). The summed E-state index contributed by atoms with van der Waals surface area (Å²) in [5.74, 6) is 0.734. The standard InChI is InChI=1S/C26H37NO3.C4H10.C2H6/c1-8-11-12-21(10-3)25(20(6)22-13-14-22)19(5)18(4)16-24(28)23(26(29)30-7)17-27-15-9-2;1-4(2)3;1-2/h8,10-11,16-17,21-22,28H,3,6,9,12-15H2,1-2,4-5,7H3;4H,1-3H3;1-2H3/b11-8-,18-16+,24-23-,25-19-,27-17?;;. The van der Waals surface area contributed by atoms with Crippen molar-refractivity contribution in [1.29, 1.82) is 0 Å². The Labute approximate surface area is 222 Å². The summed E-state index contributed by atoms with van der Waals surface area (Å²) in [6, 6.07) is 0. The highest BCUT2D eigenvalue weighted by Gasteiger charge is 2.30. The highest BCUT2D eigenvalue weighted by atomic mass is 16.5. The molecule has 0 amide bonds. The zero-order valence-electron chi connectivity index (χ0n) is 24.8.